The molecule has 31 heavy (non-hydrogen) atoms. The highest BCUT2D eigenvalue weighted by Crippen LogP contribution is 2.32. The van der Waals surface area contributed by atoms with Gasteiger partial charge in [-0.2, -0.15) is 5.01 Å². The van der Waals surface area contributed by atoms with Crippen molar-refractivity contribution in [1.29, 1.82) is 0 Å². The molecule has 1 heterocycles. The van der Waals surface area contributed by atoms with Gasteiger partial charge in [-0.1, -0.05) is 24.3 Å². The third-order valence-electron chi connectivity index (χ3n) is 4.73. The van der Waals surface area contributed by atoms with Gasteiger partial charge in [-0.05, 0) is 63.2 Å². The molecule has 2 aromatic rings. The predicted molar refractivity (Wildman–Crippen MR) is 122 cm³/mol. The van der Waals surface area contributed by atoms with Crippen LogP contribution in [0, 0.1) is 6.92 Å². The number of aryl methyl sites for hydroxylation is 1. The molecule has 2 aromatic carbocycles. The van der Waals surface area contributed by atoms with Crippen LogP contribution in [0.5, 0.6) is 0 Å². The average Bonchev–Trinajstić information content (AvgIpc) is 2.70. The third kappa shape index (κ3) is 6.08. The number of carboxylic acids is 1. The summed E-state index contributed by atoms with van der Waals surface area (Å²) in [5.41, 5.74) is 2.87. The Hall–Kier alpha value is -2.84. The lowest BCUT2D eigenvalue weighted by molar-refractivity contribution is -0.138. The highest BCUT2D eigenvalue weighted by molar-refractivity contribution is 8.01. The standard InChI is InChI=1S/C23H27N3O4S/c1-16-6-5-7-18(12-16)26-21(27)15-30-20(24-26)14-25(4)13-17-8-10-19(11-9-17)31-23(2,3)22(28)29/h5-12H,13-15H2,1-4H3,(H,28,29). The second-order valence-corrected chi connectivity index (χ2v) is 9.76. The summed E-state index contributed by atoms with van der Waals surface area (Å²) < 4.78 is 4.66. The fourth-order valence-electron chi connectivity index (χ4n) is 3.04. The van der Waals surface area contributed by atoms with Gasteiger partial charge in [-0.15, -0.1) is 16.9 Å². The molecule has 0 fully saturated rings. The number of benzene rings is 2. The van der Waals surface area contributed by atoms with Crippen LogP contribution in [-0.2, 0) is 20.9 Å². The van der Waals surface area contributed by atoms with Crippen molar-refractivity contribution < 1.29 is 19.4 Å². The summed E-state index contributed by atoms with van der Waals surface area (Å²) in [6, 6.07) is 15.5. The van der Waals surface area contributed by atoms with Gasteiger partial charge in [0.05, 0.1) is 12.2 Å². The van der Waals surface area contributed by atoms with Gasteiger partial charge < -0.3 is 9.84 Å². The Bertz CT molecular complexity index is 989. The number of nitrogens with zero attached hydrogens (tertiary/aromatic N) is 3. The molecular formula is C23H27N3O4S. The molecule has 0 aliphatic carbocycles. The monoisotopic (exact) mass is 441 g/mol. The van der Waals surface area contributed by atoms with E-state index in [4.69, 9.17) is 4.74 Å². The fourth-order valence-corrected chi connectivity index (χ4v) is 3.99. The summed E-state index contributed by atoms with van der Waals surface area (Å²) >= 11 is 1.32. The smallest absolute Gasteiger partial charge is 0.319 e. The molecule has 164 valence electrons. The number of carboxylic acid groups (broad SMARTS) is 1. The van der Waals surface area contributed by atoms with Crippen LogP contribution >= 0.6 is 11.8 Å². The van der Waals surface area contributed by atoms with Crippen LogP contribution in [0.3, 0.4) is 0 Å². The first kappa shape index (κ1) is 22.8. The molecule has 0 saturated heterocycles. The van der Waals surface area contributed by atoms with Crippen molar-refractivity contribution in [3.05, 3.63) is 59.7 Å². The quantitative estimate of drug-likeness (QED) is 0.628. The maximum absolute atomic E-state index is 12.2. The maximum atomic E-state index is 12.2. The van der Waals surface area contributed by atoms with Crippen molar-refractivity contribution in [3.63, 3.8) is 0 Å². The Kier molecular flexibility index (Phi) is 7.02. The molecule has 8 heteroatoms. The van der Waals surface area contributed by atoms with Crippen molar-refractivity contribution in [3.8, 4) is 0 Å². The molecule has 1 aliphatic heterocycles. The Morgan fingerprint density at radius 3 is 2.58 bits per heavy atom. The van der Waals surface area contributed by atoms with E-state index in [9.17, 15) is 14.7 Å². The summed E-state index contributed by atoms with van der Waals surface area (Å²) in [4.78, 5) is 26.5. The van der Waals surface area contributed by atoms with Crippen molar-refractivity contribution in [2.75, 3.05) is 25.2 Å². The van der Waals surface area contributed by atoms with Crippen molar-refractivity contribution >= 4 is 35.2 Å². The molecular weight excluding hydrogens is 414 g/mol. The van der Waals surface area contributed by atoms with Crippen LogP contribution in [0.4, 0.5) is 5.69 Å². The summed E-state index contributed by atoms with van der Waals surface area (Å²) in [7, 11) is 1.95. The average molecular weight is 442 g/mol. The summed E-state index contributed by atoms with van der Waals surface area (Å²) in [6.45, 7) is 6.44. The normalized spacial score (nSPS) is 14.4. The van der Waals surface area contributed by atoms with E-state index in [0.717, 1.165) is 21.7 Å². The van der Waals surface area contributed by atoms with Crippen LogP contribution in [-0.4, -0.2) is 52.7 Å². The number of carbonyl (C=O) groups is 2. The third-order valence-corrected chi connectivity index (χ3v) is 5.92. The van der Waals surface area contributed by atoms with Crippen molar-refractivity contribution in [2.45, 2.75) is 37.0 Å². The second kappa shape index (κ2) is 9.53. The number of aliphatic carboxylic acids is 1. The van der Waals surface area contributed by atoms with Crippen LogP contribution in [0.2, 0.25) is 0 Å². The Morgan fingerprint density at radius 2 is 1.94 bits per heavy atom. The minimum Gasteiger partial charge on any atom is -0.480 e. The van der Waals surface area contributed by atoms with Gasteiger partial charge >= 0.3 is 5.97 Å². The van der Waals surface area contributed by atoms with E-state index in [2.05, 4.69) is 5.10 Å². The van der Waals surface area contributed by atoms with Crippen LogP contribution in [0.1, 0.15) is 25.0 Å². The SMILES string of the molecule is Cc1cccc(N2N=C(CN(C)Cc3ccc(SC(C)(C)C(=O)O)cc3)OCC2=O)c1. The fraction of sp³-hybridized carbons (Fsp3) is 0.348. The van der Waals surface area contributed by atoms with E-state index in [1.54, 1.807) is 13.8 Å². The van der Waals surface area contributed by atoms with E-state index < -0.39 is 10.7 Å². The van der Waals surface area contributed by atoms with Gasteiger partial charge in [-0.3, -0.25) is 14.5 Å². The summed E-state index contributed by atoms with van der Waals surface area (Å²) in [6.07, 6.45) is 0. The summed E-state index contributed by atoms with van der Waals surface area (Å²) in [5.74, 6) is -0.555. The molecule has 0 radical (unpaired) electrons. The molecule has 0 bridgehead atoms. The van der Waals surface area contributed by atoms with Crippen molar-refractivity contribution in [2.24, 2.45) is 5.10 Å². The molecule has 0 aromatic heterocycles. The lowest BCUT2D eigenvalue weighted by Crippen LogP contribution is -2.40. The lowest BCUT2D eigenvalue weighted by Gasteiger charge is -2.26. The molecule has 0 atom stereocenters. The topological polar surface area (TPSA) is 82.4 Å². The predicted octanol–water partition coefficient (Wildman–Crippen LogP) is 3.76. The maximum Gasteiger partial charge on any atom is 0.319 e. The lowest BCUT2D eigenvalue weighted by atomic mass is 10.2. The largest absolute Gasteiger partial charge is 0.480 e. The van der Waals surface area contributed by atoms with Crippen LogP contribution in [0.25, 0.3) is 0 Å². The second-order valence-electron chi connectivity index (χ2n) is 8.06. The van der Waals surface area contributed by atoms with E-state index >= 15 is 0 Å². The van der Waals surface area contributed by atoms with Gasteiger partial charge in [0.15, 0.2) is 6.61 Å². The zero-order chi connectivity index (χ0) is 22.6. The molecule has 3 rings (SSSR count). The zero-order valence-corrected chi connectivity index (χ0v) is 19.0. The van der Waals surface area contributed by atoms with E-state index in [0.29, 0.717) is 19.0 Å². The Morgan fingerprint density at radius 1 is 1.23 bits per heavy atom. The number of thioether (sulfide) groups is 1. The molecule has 0 spiro atoms. The zero-order valence-electron chi connectivity index (χ0n) is 18.2. The first-order valence-corrected chi connectivity index (χ1v) is 10.8. The highest BCUT2D eigenvalue weighted by atomic mass is 32.2. The van der Waals surface area contributed by atoms with Gasteiger partial charge in [0.2, 0.25) is 5.90 Å². The first-order chi connectivity index (χ1) is 14.6. The number of ether oxygens (including phenoxy) is 1. The Labute approximate surface area is 186 Å². The van der Waals surface area contributed by atoms with Gasteiger partial charge in [0.25, 0.3) is 5.91 Å². The van der Waals surface area contributed by atoms with Crippen molar-refractivity contribution in [1.82, 2.24) is 4.90 Å². The number of likely N-dealkylation sites (N-methyl/N-ethyl adjacent to an activating group) is 1. The number of hydrogen-bond acceptors (Lipinski definition) is 6. The molecule has 0 saturated carbocycles. The van der Waals surface area contributed by atoms with Gasteiger partial charge in [0.1, 0.15) is 4.75 Å². The number of rotatable bonds is 8. The Balaban J connectivity index is 1.62. The van der Waals surface area contributed by atoms with Gasteiger partial charge in [-0.25, -0.2) is 0 Å². The van der Waals surface area contributed by atoms with Crippen LogP contribution in [0.15, 0.2) is 58.5 Å². The number of hydrazone groups is 1. The first-order valence-electron chi connectivity index (χ1n) is 9.94. The van der Waals surface area contributed by atoms with E-state index in [1.165, 1.54) is 16.8 Å². The minimum atomic E-state index is -0.880. The number of amides is 1. The molecule has 0 unspecified atom stereocenters. The molecule has 1 N–H and O–H groups in total. The van der Waals surface area contributed by atoms with E-state index in [1.807, 2.05) is 67.4 Å². The highest BCUT2D eigenvalue weighted by Gasteiger charge is 2.28. The molecule has 1 aliphatic rings. The van der Waals surface area contributed by atoms with E-state index in [-0.39, 0.29) is 12.5 Å². The number of carbonyl (C=O) groups excluding carboxylic acids is 1. The van der Waals surface area contributed by atoms with Crippen LogP contribution < -0.4 is 5.01 Å². The number of hydrogen-bond donors (Lipinski definition) is 1. The molecule has 1 amide bonds. The minimum absolute atomic E-state index is 0.0358. The molecule has 7 nitrogen and oxygen atoms in total. The summed E-state index contributed by atoms with van der Waals surface area (Å²) in [5, 5.41) is 15.1. The van der Waals surface area contributed by atoms with Gasteiger partial charge in [0, 0.05) is 11.4 Å². The number of anilines is 1.